The molecule has 0 saturated carbocycles. The molecule has 0 atom stereocenters. The largest absolute Gasteiger partial charge is 0.453 e. The Morgan fingerprint density at radius 1 is 1.29 bits per heavy atom. The highest BCUT2D eigenvalue weighted by molar-refractivity contribution is 6.35. The average molecular weight is 396 g/mol. The predicted octanol–water partition coefficient (Wildman–Crippen LogP) is 3.36. The maximum atomic E-state index is 13.0. The highest BCUT2D eigenvalue weighted by atomic mass is 35.5. The number of hydrogen-bond acceptors (Lipinski definition) is 6. The van der Waals surface area contributed by atoms with Gasteiger partial charge in [0, 0.05) is 17.3 Å². The van der Waals surface area contributed by atoms with Gasteiger partial charge in [-0.25, -0.2) is 4.98 Å². The molecule has 1 saturated heterocycles. The molecule has 1 fully saturated rings. The van der Waals surface area contributed by atoms with E-state index in [4.69, 9.17) is 21.8 Å². The number of halogens is 1. The Morgan fingerprint density at radius 3 is 2.93 bits per heavy atom. The number of pyridine rings is 1. The van der Waals surface area contributed by atoms with E-state index in [1.807, 2.05) is 10.9 Å². The summed E-state index contributed by atoms with van der Waals surface area (Å²) >= 11 is 6.21. The summed E-state index contributed by atoms with van der Waals surface area (Å²) in [5.41, 5.74) is 8.22. The number of aromatic nitrogens is 3. The Bertz CT molecular complexity index is 1260. The van der Waals surface area contributed by atoms with Crippen molar-refractivity contribution in [2.24, 2.45) is 0 Å². The first-order valence-corrected chi connectivity index (χ1v) is 9.56. The zero-order chi connectivity index (χ0) is 19.3. The van der Waals surface area contributed by atoms with Crippen LogP contribution in [0.2, 0.25) is 5.02 Å². The van der Waals surface area contributed by atoms with Crippen LogP contribution in [0.25, 0.3) is 33.2 Å². The molecule has 1 aromatic carbocycles. The van der Waals surface area contributed by atoms with Gasteiger partial charge in [-0.15, -0.1) is 0 Å². The number of rotatable bonds is 2. The van der Waals surface area contributed by atoms with Gasteiger partial charge in [0.1, 0.15) is 11.4 Å². The molecule has 0 aliphatic carbocycles. The molecule has 142 valence electrons. The minimum absolute atomic E-state index is 0.171. The van der Waals surface area contributed by atoms with Gasteiger partial charge < -0.3 is 15.5 Å². The van der Waals surface area contributed by atoms with Crippen LogP contribution in [-0.4, -0.2) is 27.9 Å². The molecule has 7 nitrogen and oxygen atoms in total. The van der Waals surface area contributed by atoms with Gasteiger partial charge in [-0.1, -0.05) is 17.7 Å². The summed E-state index contributed by atoms with van der Waals surface area (Å²) in [6.07, 6.45) is 5.81. The second kappa shape index (κ2) is 6.61. The summed E-state index contributed by atoms with van der Waals surface area (Å²) in [6, 6.07) is 7.20. The fourth-order valence-electron chi connectivity index (χ4n) is 3.81. The van der Waals surface area contributed by atoms with Gasteiger partial charge in [-0.05, 0) is 44.1 Å². The molecular formula is C20H18ClN5O2. The van der Waals surface area contributed by atoms with Crippen LogP contribution < -0.4 is 16.5 Å². The third-order valence-corrected chi connectivity index (χ3v) is 5.53. The van der Waals surface area contributed by atoms with E-state index < -0.39 is 0 Å². The Morgan fingerprint density at radius 2 is 2.11 bits per heavy atom. The smallest absolute Gasteiger partial charge is 0.220 e. The molecule has 3 aromatic heterocycles. The molecule has 0 amide bonds. The standard InChI is InChI=1S/C20H18ClN5O2/c21-14-2-1-3-15-17(14)19(27)18-20(28-15)13(8-16(22)25-18)11-9-24-26(10-11)12-4-6-23-7-5-12/h1-3,8-10,12,23H,4-7H2,(H2,22,25). The quantitative estimate of drug-likeness (QED) is 0.505. The molecule has 1 aliphatic rings. The second-order valence-electron chi connectivity index (χ2n) is 7.01. The molecule has 3 N–H and O–H groups in total. The Balaban J connectivity index is 1.73. The van der Waals surface area contributed by atoms with Gasteiger partial charge in [0.15, 0.2) is 11.1 Å². The molecule has 5 rings (SSSR count). The monoisotopic (exact) mass is 395 g/mol. The van der Waals surface area contributed by atoms with Crippen molar-refractivity contribution >= 4 is 39.5 Å². The summed E-state index contributed by atoms with van der Waals surface area (Å²) in [5, 5.41) is 8.54. The summed E-state index contributed by atoms with van der Waals surface area (Å²) in [5.74, 6) is 0.246. The van der Waals surface area contributed by atoms with E-state index in [9.17, 15) is 4.79 Å². The summed E-state index contributed by atoms with van der Waals surface area (Å²) < 4.78 is 8.03. The number of nitrogens with one attached hydrogen (secondary N) is 1. The summed E-state index contributed by atoms with van der Waals surface area (Å²) in [7, 11) is 0. The molecular weight excluding hydrogens is 378 g/mol. The molecule has 0 bridgehead atoms. The average Bonchev–Trinajstić information content (AvgIpc) is 3.19. The number of nitrogens with two attached hydrogens (primary N) is 1. The third kappa shape index (κ3) is 2.75. The lowest BCUT2D eigenvalue weighted by atomic mass is 10.1. The molecule has 0 radical (unpaired) electrons. The number of fused-ring (bicyclic) bond motifs is 2. The Kier molecular flexibility index (Phi) is 4.07. The van der Waals surface area contributed by atoms with Crippen LogP contribution in [0.3, 0.4) is 0 Å². The minimum Gasteiger partial charge on any atom is -0.453 e. The number of anilines is 1. The highest BCUT2D eigenvalue weighted by Gasteiger charge is 2.20. The SMILES string of the molecule is Nc1cc(-c2cnn(C3CCNCC3)c2)c2oc3cccc(Cl)c3c(=O)c2n1. The van der Waals surface area contributed by atoms with Crippen LogP contribution >= 0.6 is 11.6 Å². The van der Waals surface area contributed by atoms with Gasteiger partial charge in [-0.3, -0.25) is 9.48 Å². The van der Waals surface area contributed by atoms with Crippen LogP contribution in [0.1, 0.15) is 18.9 Å². The van der Waals surface area contributed by atoms with Crippen LogP contribution in [0, 0.1) is 0 Å². The topological polar surface area (TPSA) is 99.0 Å². The number of hydrogen-bond donors (Lipinski definition) is 2. The number of piperidine rings is 1. The maximum Gasteiger partial charge on any atom is 0.220 e. The third-order valence-electron chi connectivity index (χ3n) is 5.22. The van der Waals surface area contributed by atoms with Crippen LogP contribution in [-0.2, 0) is 0 Å². The molecule has 28 heavy (non-hydrogen) atoms. The van der Waals surface area contributed by atoms with Gasteiger partial charge in [0.25, 0.3) is 0 Å². The van der Waals surface area contributed by atoms with Gasteiger partial charge in [0.2, 0.25) is 5.43 Å². The number of nitrogens with zero attached hydrogens (tertiary/aromatic N) is 3. The molecule has 0 spiro atoms. The van der Waals surface area contributed by atoms with E-state index in [0.717, 1.165) is 31.5 Å². The lowest BCUT2D eigenvalue weighted by Crippen LogP contribution is -2.29. The minimum atomic E-state index is -0.291. The molecule has 8 heteroatoms. The van der Waals surface area contributed by atoms with Gasteiger partial charge in [-0.2, -0.15) is 5.10 Å². The molecule has 1 aliphatic heterocycles. The normalized spacial score (nSPS) is 15.5. The summed E-state index contributed by atoms with van der Waals surface area (Å²) in [4.78, 5) is 17.2. The first kappa shape index (κ1) is 17.2. The predicted molar refractivity (Wildman–Crippen MR) is 110 cm³/mol. The van der Waals surface area contributed by atoms with Crippen molar-refractivity contribution in [2.75, 3.05) is 18.8 Å². The molecule has 4 aromatic rings. The van der Waals surface area contributed by atoms with Crippen LogP contribution in [0.5, 0.6) is 0 Å². The van der Waals surface area contributed by atoms with E-state index in [1.54, 1.807) is 30.5 Å². The van der Waals surface area contributed by atoms with Crippen molar-refractivity contribution in [1.82, 2.24) is 20.1 Å². The van der Waals surface area contributed by atoms with E-state index >= 15 is 0 Å². The van der Waals surface area contributed by atoms with E-state index in [0.29, 0.717) is 33.2 Å². The van der Waals surface area contributed by atoms with E-state index in [1.165, 1.54) is 0 Å². The van der Waals surface area contributed by atoms with E-state index in [-0.39, 0.29) is 16.8 Å². The number of nitrogen functional groups attached to an aromatic ring is 1. The van der Waals surface area contributed by atoms with Crippen molar-refractivity contribution in [1.29, 1.82) is 0 Å². The number of benzene rings is 1. The van der Waals surface area contributed by atoms with E-state index in [2.05, 4.69) is 15.4 Å². The summed E-state index contributed by atoms with van der Waals surface area (Å²) in [6.45, 7) is 1.96. The van der Waals surface area contributed by atoms with Crippen molar-refractivity contribution < 1.29 is 4.42 Å². The lowest BCUT2D eigenvalue weighted by Gasteiger charge is -2.22. The van der Waals surface area contributed by atoms with Crippen molar-refractivity contribution in [2.45, 2.75) is 18.9 Å². The Labute approximate surface area is 165 Å². The fourth-order valence-corrected chi connectivity index (χ4v) is 4.06. The lowest BCUT2D eigenvalue weighted by molar-refractivity contribution is 0.343. The second-order valence-corrected chi connectivity index (χ2v) is 7.41. The zero-order valence-electron chi connectivity index (χ0n) is 15.0. The maximum absolute atomic E-state index is 13.0. The first-order chi connectivity index (χ1) is 13.6. The van der Waals surface area contributed by atoms with Crippen molar-refractivity contribution in [3.8, 4) is 11.1 Å². The van der Waals surface area contributed by atoms with Gasteiger partial charge >= 0.3 is 0 Å². The fraction of sp³-hybridized carbons (Fsp3) is 0.250. The Hall–Kier alpha value is -2.90. The first-order valence-electron chi connectivity index (χ1n) is 9.18. The van der Waals surface area contributed by atoms with Gasteiger partial charge in [0.05, 0.1) is 22.6 Å². The highest BCUT2D eigenvalue weighted by Crippen LogP contribution is 2.32. The molecule has 4 heterocycles. The van der Waals surface area contributed by atoms with Crippen LogP contribution in [0.15, 0.2) is 45.9 Å². The zero-order valence-corrected chi connectivity index (χ0v) is 15.7. The van der Waals surface area contributed by atoms with Crippen LogP contribution in [0.4, 0.5) is 5.82 Å². The van der Waals surface area contributed by atoms with Crippen molar-refractivity contribution in [3.05, 3.63) is 51.9 Å². The van der Waals surface area contributed by atoms with Crippen molar-refractivity contribution in [3.63, 3.8) is 0 Å². The molecule has 0 unspecified atom stereocenters.